The molecular weight excluding hydrogens is 661 g/mol. The van der Waals surface area contributed by atoms with E-state index in [0.717, 1.165) is 84.2 Å². The van der Waals surface area contributed by atoms with E-state index >= 15 is 0 Å². The van der Waals surface area contributed by atoms with Gasteiger partial charge >= 0.3 is 11.9 Å². The van der Waals surface area contributed by atoms with E-state index in [-0.39, 0.29) is 11.9 Å². The van der Waals surface area contributed by atoms with Gasteiger partial charge in [0.05, 0.1) is 32.0 Å². The Bertz CT molecular complexity index is 1350. The number of fused-ring (bicyclic) bond motifs is 10. The summed E-state index contributed by atoms with van der Waals surface area (Å²) in [7, 11) is 0. The van der Waals surface area contributed by atoms with Crippen molar-refractivity contribution in [3.63, 3.8) is 0 Å². The number of ether oxygens (including phenoxy) is 4. The Morgan fingerprint density at radius 1 is 0.509 bits per heavy atom. The number of rotatable bonds is 14. The third kappa shape index (κ3) is 7.86. The van der Waals surface area contributed by atoms with Crippen LogP contribution in [0.4, 0.5) is 0 Å². The minimum atomic E-state index is -0.228. The average Bonchev–Trinajstić information content (AvgIpc) is 4.00. The first kappa shape index (κ1) is 38.2. The molecule has 0 aromatic rings. The molecule has 8 aliphatic carbocycles. The van der Waals surface area contributed by atoms with Crippen LogP contribution in [-0.4, -0.2) is 50.6 Å². The molecule has 0 aromatic carbocycles. The summed E-state index contributed by atoms with van der Waals surface area (Å²) >= 11 is 0. The van der Waals surface area contributed by atoms with E-state index in [4.69, 9.17) is 18.9 Å². The molecule has 8 aliphatic rings. The van der Waals surface area contributed by atoms with Crippen LogP contribution in [-0.2, 0) is 28.5 Å². The van der Waals surface area contributed by atoms with Crippen molar-refractivity contribution in [2.24, 2.45) is 88.3 Å². The summed E-state index contributed by atoms with van der Waals surface area (Å²) in [6.45, 7) is 19.2. The van der Waals surface area contributed by atoms with Gasteiger partial charge in [-0.3, -0.25) is 0 Å². The first-order valence-electron chi connectivity index (χ1n) is 22.3. The van der Waals surface area contributed by atoms with Crippen molar-refractivity contribution in [2.45, 2.75) is 143 Å². The number of carbonyl (C=O) groups is 2. The van der Waals surface area contributed by atoms with E-state index in [1.165, 1.54) is 103 Å². The van der Waals surface area contributed by atoms with Gasteiger partial charge in [-0.2, -0.15) is 0 Å². The monoisotopic (exact) mass is 733 g/mol. The van der Waals surface area contributed by atoms with Crippen molar-refractivity contribution in [2.75, 3.05) is 26.4 Å². The maximum Gasteiger partial charge on any atom is 0.333 e. The van der Waals surface area contributed by atoms with Gasteiger partial charge in [0.2, 0.25) is 0 Å². The molecule has 12 atom stereocenters. The highest BCUT2D eigenvalue weighted by atomic mass is 16.5. The molecule has 0 radical (unpaired) electrons. The lowest BCUT2D eigenvalue weighted by Crippen LogP contribution is -2.39. The van der Waals surface area contributed by atoms with E-state index < -0.39 is 0 Å². The van der Waals surface area contributed by atoms with E-state index in [2.05, 4.69) is 27.0 Å². The zero-order valence-electron chi connectivity index (χ0n) is 33.7. The van der Waals surface area contributed by atoms with Gasteiger partial charge in [-0.05, 0) is 205 Å². The smallest absolute Gasteiger partial charge is 0.333 e. The molecular formula is C47H72O6. The zero-order valence-corrected chi connectivity index (χ0v) is 33.7. The summed E-state index contributed by atoms with van der Waals surface area (Å²) in [5, 5.41) is 0. The summed E-state index contributed by atoms with van der Waals surface area (Å²) in [6, 6.07) is 0. The van der Waals surface area contributed by atoms with Crippen molar-refractivity contribution in [1.82, 2.24) is 0 Å². The number of hydrogen-bond acceptors (Lipinski definition) is 6. The number of esters is 2. The van der Waals surface area contributed by atoms with Crippen molar-refractivity contribution in [3.05, 3.63) is 24.3 Å². The molecule has 296 valence electrons. The predicted octanol–water partition coefficient (Wildman–Crippen LogP) is 10.00. The normalized spacial score (nSPS) is 44.2. The Labute approximate surface area is 321 Å². The molecule has 0 amide bonds. The molecule has 0 aliphatic heterocycles. The molecule has 8 rings (SSSR count). The maximum atomic E-state index is 12.0. The molecule has 12 unspecified atom stereocenters. The fourth-order valence-electron chi connectivity index (χ4n) is 14.7. The lowest BCUT2D eigenvalue weighted by Gasteiger charge is -2.46. The summed E-state index contributed by atoms with van der Waals surface area (Å²) in [5.74, 6) is 10.4. The number of hydrogen-bond donors (Lipinski definition) is 0. The highest BCUT2D eigenvalue weighted by Gasteiger charge is 2.57. The van der Waals surface area contributed by atoms with Crippen LogP contribution in [0.2, 0.25) is 0 Å². The first-order chi connectivity index (χ1) is 25.4. The van der Waals surface area contributed by atoms with Crippen LogP contribution in [0.3, 0.4) is 0 Å². The second kappa shape index (κ2) is 15.7. The Morgan fingerprint density at radius 2 is 0.925 bits per heavy atom. The fraction of sp³-hybridized carbons (Fsp3) is 0.872. The molecule has 8 saturated carbocycles. The van der Waals surface area contributed by atoms with Gasteiger partial charge in [-0.1, -0.05) is 27.0 Å². The standard InChI is InChI=1S/C47H72O6/c1-27(2)45(48)52-24-30-16-40-31-19-33(41(21-31)44(40)18-30)25-51-38-13-9-36(10-14-38)47(5,6)35-7-11-37(12-8-35)50-23-29-15-39-32-20-34(26-53-46(49)28(3)4)42(22-32)43(39)17-29/h29-44H,1,3,7-26H2,2,4-6H3. The van der Waals surface area contributed by atoms with Gasteiger partial charge < -0.3 is 18.9 Å². The first-order valence-corrected chi connectivity index (χ1v) is 22.3. The number of carbonyl (C=O) groups excluding carboxylic acids is 2. The molecule has 53 heavy (non-hydrogen) atoms. The summed E-state index contributed by atoms with van der Waals surface area (Å²) in [6.07, 6.45) is 21.7. The van der Waals surface area contributed by atoms with Crippen LogP contribution in [0, 0.1) is 88.3 Å². The van der Waals surface area contributed by atoms with E-state index in [0.29, 0.717) is 53.8 Å². The minimum Gasteiger partial charge on any atom is -0.462 e. The van der Waals surface area contributed by atoms with Gasteiger partial charge in [0.1, 0.15) is 0 Å². The van der Waals surface area contributed by atoms with Gasteiger partial charge in [0.25, 0.3) is 0 Å². The second-order valence-electron chi connectivity index (χ2n) is 20.8. The third-order valence-electron chi connectivity index (χ3n) is 17.5. The Hall–Kier alpha value is -1.66. The average molecular weight is 733 g/mol. The van der Waals surface area contributed by atoms with E-state index in [1.807, 2.05) is 0 Å². The van der Waals surface area contributed by atoms with Crippen molar-refractivity contribution in [1.29, 1.82) is 0 Å². The SMILES string of the molecule is C=C(C)C(=O)OCC1CC2C3CC(COC4CCC(C(C)(C)C5CCC(OCC6CC7C8CC(COC(=O)C(=C)C)C(C8)C7C6)CC5)CC4)C(C3)C2C1. The van der Waals surface area contributed by atoms with Crippen LogP contribution in [0.25, 0.3) is 0 Å². The topological polar surface area (TPSA) is 71.1 Å². The third-order valence-corrected chi connectivity index (χ3v) is 17.5. The lowest BCUT2D eigenvalue weighted by atomic mass is 9.60. The van der Waals surface area contributed by atoms with Crippen LogP contribution in [0.5, 0.6) is 0 Å². The van der Waals surface area contributed by atoms with Crippen LogP contribution in [0.15, 0.2) is 24.3 Å². The highest BCUT2D eigenvalue weighted by molar-refractivity contribution is 5.87. The minimum absolute atomic E-state index is 0.223. The van der Waals surface area contributed by atoms with Crippen molar-refractivity contribution < 1.29 is 28.5 Å². The maximum absolute atomic E-state index is 12.0. The molecule has 6 heteroatoms. The van der Waals surface area contributed by atoms with E-state index in [9.17, 15) is 9.59 Å². The molecule has 0 N–H and O–H groups in total. The predicted molar refractivity (Wildman–Crippen MR) is 208 cm³/mol. The zero-order chi connectivity index (χ0) is 37.0. The van der Waals surface area contributed by atoms with E-state index in [1.54, 1.807) is 13.8 Å². The van der Waals surface area contributed by atoms with Crippen molar-refractivity contribution >= 4 is 11.9 Å². The largest absolute Gasteiger partial charge is 0.462 e. The fourth-order valence-corrected chi connectivity index (χ4v) is 14.7. The molecule has 4 bridgehead atoms. The van der Waals surface area contributed by atoms with Gasteiger partial charge in [0, 0.05) is 17.8 Å². The molecule has 0 spiro atoms. The van der Waals surface area contributed by atoms with Crippen LogP contribution in [0.1, 0.15) is 130 Å². The Balaban J connectivity index is 0.713. The van der Waals surface area contributed by atoms with Gasteiger partial charge in [-0.15, -0.1) is 0 Å². The van der Waals surface area contributed by atoms with Crippen LogP contribution >= 0.6 is 0 Å². The molecule has 0 saturated heterocycles. The summed E-state index contributed by atoms with van der Waals surface area (Å²) < 4.78 is 24.6. The van der Waals surface area contributed by atoms with Crippen LogP contribution < -0.4 is 0 Å². The molecule has 0 aromatic heterocycles. The molecule has 6 nitrogen and oxygen atoms in total. The summed E-state index contributed by atoms with van der Waals surface area (Å²) in [5.41, 5.74) is 1.41. The Morgan fingerprint density at radius 3 is 1.42 bits per heavy atom. The molecule has 8 fully saturated rings. The second-order valence-corrected chi connectivity index (χ2v) is 20.8. The van der Waals surface area contributed by atoms with Gasteiger partial charge in [0.15, 0.2) is 0 Å². The molecule has 0 heterocycles. The summed E-state index contributed by atoms with van der Waals surface area (Å²) in [4.78, 5) is 23.9. The lowest BCUT2D eigenvalue weighted by molar-refractivity contribution is -0.141. The quantitative estimate of drug-likeness (QED) is 0.131. The van der Waals surface area contributed by atoms with Gasteiger partial charge in [-0.25, -0.2) is 9.59 Å². The van der Waals surface area contributed by atoms with Crippen molar-refractivity contribution in [3.8, 4) is 0 Å². The highest BCUT2D eigenvalue weighted by Crippen LogP contribution is 2.63. The Kier molecular flexibility index (Phi) is 11.3.